The highest BCUT2D eigenvalue weighted by atomic mass is 35.5. The summed E-state index contributed by atoms with van der Waals surface area (Å²) in [7, 11) is 1.65. The van der Waals surface area contributed by atoms with Crippen molar-refractivity contribution < 1.29 is 9.53 Å². The summed E-state index contributed by atoms with van der Waals surface area (Å²) in [6, 6.07) is 0. The van der Waals surface area contributed by atoms with Crippen LogP contribution in [0.5, 0.6) is 0 Å². The molecule has 0 radical (unpaired) electrons. The Kier molecular flexibility index (Phi) is 5.87. The van der Waals surface area contributed by atoms with E-state index in [2.05, 4.69) is 27.7 Å². The van der Waals surface area contributed by atoms with Crippen LogP contribution in [0.2, 0.25) is 0 Å². The highest BCUT2D eigenvalue weighted by Gasteiger charge is 2.34. The van der Waals surface area contributed by atoms with Gasteiger partial charge in [-0.05, 0) is 36.7 Å². The van der Waals surface area contributed by atoms with E-state index in [0.29, 0.717) is 19.1 Å². The van der Waals surface area contributed by atoms with Gasteiger partial charge in [-0.1, -0.05) is 20.8 Å². The van der Waals surface area contributed by atoms with Gasteiger partial charge in [-0.15, -0.1) is 11.6 Å². The normalized spacial score (nSPS) is 22.5. The zero-order chi connectivity index (χ0) is 14.6. The summed E-state index contributed by atoms with van der Waals surface area (Å²) in [5, 5.41) is 0. The lowest BCUT2D eigenvalue weighted by Gasteiger charge is -2.40. The first-order valence-corrected chi connectivity index (χ1v) is 7.42. The van der Waals surface area contributed by atoms with Gasteiger partial charge in [-0.3, -0.25) is 4.79 Å². The van der Waals surface area contributed by atoms with Crippen LogP contribution in [0.25, 0.3) is 0 Å². The van der Waals surface area contributed by atoms with Crippen molar-refractivity contribution in [2.45, 2.75) is 40.5 Å². The molecule has 1 rings (SSSR count). The van der Waals surface area contributed by atoms with Gasteiger partial charge in [0.25, 0.3) is 0 Å². The smallest absolute Gasteiger partial charge is 0.241 e. The number of rotatable bonds is 5. The third-order valence-electron chi connectivity index (χ3n) is 4.11. The predicted octanol–water partition coefficient (Wildman–Crippen LogP) is 3.43. The van der Waals surface area contributed by atoms with Crippen molar-refractivity contribution >= 4 is 17.5 Å². The molecule has 0 aromatic carbocycles. The van der Waals surface area contributed by atoms with Crippen LogP contribution in [0.1, 0.15) is 40.5 Å². The molecule has 3 nitrogen and oxygen atoms in total. The molecule has 0 aliphatic heterocycles. The van der Waals surface area contributed by atoms with Crippen molar-refractivity contribution in [2.24, 2.45) is 11.3 Å². The van der Waals surface area contributed by atoms with E-state index in [1.165, 1.54) is 5.57 Å². The Morgan fingerprint density at radius 3 is 2.68 bits per heavy atom. The summed E-state index contributed by atoms with van der Waals surface area (Å²) >= 11 is 5.75. The third kappa shape index (κ3) is 3.96. The number of carbonyl (C=O) groups excluding carboxylic acids is 1. The van der Waals surface area contributed by atoms with Crippen molar-refractivity contribution in [3.63, 3.8) is 0 Å². The topological polar surface area (TPSA) is 29.5 Å². The second kappa shape index (κ2) is 6.76. The molecule has 0 N–H and O–H groups in total. The fraction of sp³-hybridized carbons (Fsp3) is 0.800. The molecular formula is C15H26ClNO2. The van der Waals surface area contributed by atoms with Crippen molar-refractivity contribution in [1.29, 1.82) is 0 Å². The first-order valence-electron chi connectivity index (χ1n) is 6.89. The average Bonchev–Trinajstić information content (AvgIpc) is 2.34. The molecule has 0 bridgehead atoms. The molecule has 0 heterocycles. The van der Waals surface area contributed by atoms with Gasteiger partial charge in [-0.2, -0.15) is 0 Å². The number of halogens is 1. The molecule has 1 atom stereocenters. The Labute approximate surface area is 121 Å². The molecule has 0 aromatic heterocycles. The summed E-state index contributed by atoms with van der Waals surface area (Å²) < 4.78 is 5.11. The Morgan fingerprint density at radius 2 is 2.16 bits per heavy atom. The monoisotopic (exact) mass is 287 g/mol. The van der Waals surface area contributed by atoms with Gasteiger partial charge in [0, 0.05) is 19.4 Å². The number of hydrogen-bond donors (Lipinski definition) is 0. The molecule has 0 saturated carbocycles. The first kappa shape index (κ1) is 16.5. The number of methoxy groups -OCH3 is 1. The van der Waals surface area contributed by atoms with E-state index < -0.39 is 0 Å². The van der Waals surface area contributed by atoms with Gasteiger partial charge in [-0.25, -0.2) is 0 Å². The standard InChI is InChI=1S/C15H26ClNO2/c1-11-8-13(12(2)15(3,4)9-11)17(6-7-19-5)14(18)10-16/h11H,6-10H2,1-5H3. The zero-order valence-corrected chi connectivity index (χ0v) is 13.5. The van der Waals surface area contributed by atoms with Crippen molar-refractivity contribution in [3.8, 4) is 0 Å². The van der Waals surface area contributed by atoms with Crippen LogP contribution in [-0.2, 0) is 9.53 Å². The van der Waals surface area contributed by atoms with Crippen molar-refractivity contribution in [2.75, 3.05) is 26.1 Å². The highest BCUT2D eigenvalue weighted by Crippen LogP contribution is 2.43. The van der Waals surface area contributed by atoms with Gasteiger partial charge >= 0.3 is 0 Å². The number of hydrogen-bond acceptors (Lipinski definition) is 2. The number of allylic oxidation sites excluding steroid dienone is 2. The van der Waals surface area contributed by atoms with Crippen LogP contribution >= 0.6 is 11.6 Å². The molecular weight excluding hydrogens is 262 g/mol. The van der Waals surface area contributed by atoms with Crippen LogP contribution in [0, 0.1) is 11.3 Å². The summed E-state index contributed by atoms with van der Waals surface area (Å²) in [5.41, 5.74) is 2.59. The Bertz CT molecular complexity index is 363. The lowest BCUT2D eigenvalue weighted by atomic mass is 9.71. The van der Waals surface area contributed by atoms with E-state index in [1.54, 1.807) is 7.11 Å². The Morgan fingerprint density at radius 1 is 1.53 bits per heavy atom. The predicted molar refractivity (Wildman–Crippen MR) is 79.2 cm³/mol. The van der Waals surface area contributed by atoms with Crippen molar-refractivity contribution in [3.05, 3.63) is 11.3 Å². The lowest BCUT2D eigenvalue weighted by molar-refractivity contribution is -0.127. The van der Waals surface area contributed by atoms with Gasteiger partial charge < -0.3 is 9.64 Å². The molecule has 0 saturated heterocycles. The van der Waals surface area contributed by atoms with E-state index in [4.69, 9.17) is 16.3 Å². The molecule has 1 aliphatic rings. The van der Waals surface area contributed by atoms with Gasteiger partial charge in [0.05, 0.1) is 6.61 Å². The third-order valence-corrected chi connectivity index (χ3v) is 4.34. The molecule has 4 heteroatoms. The number of nitrogens with zero attached hydrogens (tertiary/aromatic N) is 1. The van der Waals surface area contributed by atoms with Crippen LogP contribution in [0.15, 0.2) is 11.3 Å². The number of carbonyl (C=O) groups is 1. The maximum absolute atomic E-state index is 12.1. The molecule has 19 heavy (non-hydrogen) atoms. The molecule has 1 amide bonds. The molecule has 0 spiro atoms. The Hall–Kier alpha value is -0.540. The lowest BCUT2D eigenvalue weighted by Crippen LogP contribution is -2.39. The minimum Gasteiger partial charge on any atom is -0.383 e. The van der Waals surface area contributed by atoms with Crippen LogP contribution in [0.3, 0.4) is 0 Å². The van der Waals surface area contributed by atoms with E-state index in [9.17, 15) is 4.79 Å². The van der Waals surface area contributed by atoms with Crippen LogP contribution in [-0.4, -0.2) is 36.9 Å². The number of amides is 1. The van der Waals surface area contributed by atoms with Gasteiger partial charge in [0.15, 0.2) is 0 Å². The van der Waals surface area contributed by atoms with Crippen LogP contribution < -0.4 is 0 Å². The molecule has 0 fully saturated rings. The maximum Gasteiger partial charge on any atom is 0.241 e. The molecule has 0 aromatic rings. The van der Waals surface area contributed by atoms with Gasteiger partial charge in [0.1, 0.15) is 5.88 Å². The van der Waals surface area contributed by atoms with Gasteiger partial charge in [0.2, 0.25) is 5.91 Å². The summed E-state index contributed by atoms with van der Waals surface area (Å²) in [4.78, 5) is 13.9. The SMILES string of the molecule is COCCN(C(=O)CCl)C1=C(C)C(C)(C)CC(C)C1. The first-order chi connectivity index (χ1) is 8.83. The zero-order valence-electron chi connectivity index (χ0n) is 12.8. The largest absolute Gasteiger partial charge is 0.383 e. The fourth-order valence-electron chi connectivity index (χ4n) is 2.95. The second-order valence-electron chi connectivity index (χ2n) is 6.14. The quantitative estimate of drug-likeness (QED) is 0.725. The van der Waals surface area contributed by atoms with Crippen molar-refractivity contribution in [1.82, 2.24) is 4.90 Å². The van der Waals surface area contributed by atoms with E-state index in [1.807, 2.05) is 4.90 Å². The van der Waals surface area contributed by atoms with Crippen LogP contribution in [0.4, 0.5) is 0 Å². The summed E-state index contributed by atoms with van der Waals surface area (Å²) in [6.07, 6.45) is 2.11. The summed E-state index contributed by atoms with van der Waals surface area (Å²) in [5.74, 6) is 0.579. The summed E-state index contributed by atoms with van der Waals surface area (Å²) in [6.45, 7) is 10.00. The number of ether oxygens (including phenoxy) is 1. The maximum atomic E-state index is 12.1. The van der Waals surface area contributed by atoms with E-state index in [0.717, 1.165) is 18.5 Å². The molecule has 1 aliphatic carbocycles. The molecule has 1 unspecified atom stereocenters. The molecule has 110 valence electrons. The second-order valence-corrected chi connectivity index (χ2v) is 6.41. The average molecular weight is 288 g/mol. The van der Waals surface area contributed by atoms with E-state index in [-0.39, 0.29) is 17.2 Å². The minimum absolute atomic E-state index is 0.0231. The fourth-order valence-corrected chi connectivity index (χ4v) is 3.09. The van der Waals surface area contributed by atoms with E-state index >= 15 is 0 Å². The highest BCUT2D eigenvalue weighted by molar-refractivity contribution is 6.27. The number of alkyl halides is 1. The Balaban J connectivity index is 3.08. The minimum atomic E-state index is -0.0297.